The summed E-state index contributed by atoms with van der Waals surface area (Å²) in [5, 5.41) is 14.5. The number of aromatic nitrogens is 5. The molecular weight excluding hydrogens is 258 g/mol. The molecule has 0 aliphatic rings. The largest absolute Gasteiger partial charge is 0.492 e. The van der Waals surface area contributed by atoms with Crippen molar-refractivity contribution >= 4 is 17.2 Å². The van der Waals surface area contributed by atoms with Gasteiger partial charge in [0.25, 0.3) is 0 Å². The normalized spacial score (nSPS) is 10.7. The quantitative estimate of drug-likeness (QED) is 0.700. The summed E-state index contributed by atoms with van der Waals surface area (Å²) in [7, 11) is 0. The molecule has 3 N–H and O–H groups in total. The SMILES string of the molecule is NCCOc1ccc(Nc2cncc3nnnn23)cc1. The second-order valence-corrected chi connectivity index (χ2v) is 4.03. The van der Waals surface area contributed by atoms with Crippen molar-refractivity contribution in [1.82, 2.24) is 25.0 Å². The molecule has 8 heteroatoms. The Morgan fingerprint density at radius 1 is 1.20 bits per heavy atom. The van der Waals surface area contributed by atoms with Crippen LogP contribution >= 0.6 is 0 Å². The topological polar surface area (TPSA) is 103 Å². The first-order chi connectivity index (χ1) is 9.86. The number of nitrogens with one attached hydrogen (secondary N) is 1. The van der Waals surface area contributed by atoms with E-state index in [4.69, 9.17) is 10.5 Å². The Kier molecular flexibility index (Phi) is 3.38. The van der Waals surface area contributed by atoms with Gasteiger partial charge < -0.3 is 15.8 Å². The van der Waals surface area contributed by atoms with Gasteiger partial charge in [-0.2, -0.15) is 4.52 Å². The van der Waals surface area contributed by atoms with Crippen molar-refractivity contribution in [3.05, 3.63) is 36.7 Å². The molecule has 0 atom stereocenters. The minimum atomic E-state index is 0.493. The van der Waals surface area contributed by atoms with Crippen molar-refractivity contribution in [2.45, 2.75) is 0 Å². The van der Waals surface area contributed by atoms with Crippen LogP contribution in [0.15, 0.2) is 36.7 Å². The highest BCUT2D eigenvalue weighted by Crippen LogP contribution is 2.19. The van der Waals surface area contributed by atoms with E-state index in [1.165, 1.54) is 0 Å². The Morgan fingerprint density at radius 3 is 2.85 bits per heavy atom. The minimum Gasteiger partial charge on any atom is -0.492 e. The fourth-order valence-electron chi connectivity index (χ4n) is 1.72. The molecule has 0 bridgehead atoms. The van der Waals surface area contributed by atoms with Crippen molar-refractivity contribution in [1.29, 1.82) is 0 Å². The summed E-state index contributed by atoms with van der Waals surface area (Å²) in [6.45, 7) is 0.994. The molecule has 1 aromatic carbocycles. The number of nitrogens with zero attached hydrogens (tertiary/aromatic N) is 5. The van der Waals surface area contributed by atoms with Crippen LogP contribution in [0.3, 0.4) is 0 Å². The van der Waals surface area contributed by atoms with Crippen molar-refractivity contribution in [3.63, 3.8) is 0 Å². The first kappa shape index (κ1) is 12.3. The van der Waals surface area contributed by atoms with Gasteiger partial charge in [0.15, 0.2) is 11.5 Å². The third-order valence-electron chi connectivity index (χ3n) is 2.62. The highest BCUT2D eigenvalue weighted by Gasteiger charge is 2.04. The molecule has 2 heterocycles. The lowest BCUT2D eigenvalue weighted by molar-refractivity contribution is 0.328. The van der Waals surface area contributed by atoms with E-state index >= 15 is 0 Å². The van der Waals surface area contributed by atoms with Gasteiger partial charge in [-0.25, -0.2) is 0 Å². The van der Waals surface area contributed by atoms with E-state index in [2.05, 4.69) is 25.8 Å². The van der Waals surface area contributed by atoms with E-state index in [0.29, 0.717) is 24.6 Å². The maximum absolute atomic E-state index is 5.42. The van der Waals surface area contributed by atoms with E-state index in [9.17, 15) is 0 Å². The molecule has 3 aromatic rings. The zero-order chi connectivity index (χ0) is 13.8. The number of nitrogens with two attached hydrogens (primary N) is 1. The van der Waals surface area contributed by atoms with Gasteiger partial charge in [0.05, 0.1) is 12.4 Å². The predicted molar refractivity (Wildman–Crippen MR) is 72.9 cm³/mol. The molecule has 8 nitrogen and oxygen atoms in total. The molecule has 102 valence electrons. The highest BCUT2D eigenvalue weighted by atomic mass is 16.5. The second-order valence-electron chi connectivity index (χ2n) is 4.03. The van der Waals surface area contributed by atoms with Crippen molar-refractivity contribution in [3.8, 4) is 5.75 Å². The van der Waals surface area contributed by atoms with Crippen LogP contribution in [0.4, 0.5) is 11.5 Å². The average molecular weight is 271 g/mol. The van der Waals surface area contributed by atoms with Crippen LogP contribution in [0.2, 0.25) is 0 Å². The summed E-state index contributed by atoms with van der Waals surface area (Å²) in [4.78, 5) is 4.07. The van der Waals surface area contributed by atoms with Crippen molar-refractivity contribution in [2.24, 2.45) is 5.73 Å². The Bertz CT molecular complexity index is 694. The lowest BCUT2D eigenvalue weighted by Crippen LogP contribution is -2.10. The summed E-state index contributed by atoms with van der Waals surface area (Å²) in [6.07, 6.45) is 3.25. The van der Waals surface area contributed by atoms with Gasteiger partial charge in [0.2, 0.25) is 0 Å². The number of rotatable bonds is 5. The minimum absolute atomic E-state index is 0.493. The molecular formula is C12H13N7O. The molecule has 0 fully saturated rings. The molecule has 0 spiro atoms. The Hall–Kier alpha value is -2.74. The summed E-state index contributed by atoms with van der Waals surface area (Å²) < 4.78 is 6.99. The third kappa shape index (κ3) is 2.50. The number of anilines is 2. The smallest absolute Gasteiger partial charge is 0.199 e. The van der Waals surface area contributed by atoms with Crippen LogP contribution in [0, 0.1) is 0 Å². The van der Waals surface area contributed by atoms with Crippen LogP contribution < -0.4 is 15.8 Å². The summed E-state index contributed by atoms with van der Waals surface area (Å²) in [5.41, 5.74) is 6.85. The van der Waals surface area contributed by atoms with Crippen LogP contribution in [0.5, 0.6) is 5.75 Å². The number of hydrogen-bond acceptors (Lipinski definition) is 7. The molecule has 0 unspecified atom stereocenters. The summed E-state index contributed by atoms with van der Waals surface area (Å²) >= 11 is 0. The van der Waals surface area contributed by atoms with E-state index in [0.717, 1.165) is 11.4 Å². The fourth-order valence-corrected chi connectivity index (χ4v) is 1.72. The summed E-state index contributed by atoms with van der Waals surface area (Å²) in [6, 6.07) is 7.53. The standard InChI is InChI=1S/C12H13N7O/c13-5-6-20-10-3-1-9(2-4-10)15-11-7-14-8-12-16-17-18-19(11)12/h1-4,7-8,15H,5-6,13H2. The number of tetrazole rings is 1. The zero-order valence-corrected chi connectivity index (χ0v) is 10.6. The van der Waals surface area contributed by atoms with E-state index in [1.807, 2.05) is 24.3 Å². The van der Waals surface area contributed by atoms with Crippen LogP contribution in [0.1, 0.15) is 0 Å². The molecule has 0 aliphatic carbocycles. The average Bonchev–Trinajstić information content (AvgIpc) is 2.96. The molecule has 0 amide bonds. The van der Waals surface area contributed by atoms with E-state index in [1.54, 1.807) is 16.9 Å². The first-order valence-electron chi connectivity index (χ1n) is 6.09. The van der Waals surface area contributed by atoms with Crippen molar-refractivity contribution in [2.75, 3.05) is 18.5 Å². The monoisotopic (exact) mass is 271 g/mol. The molecule has 0 radical (unpaired) electrons. The van der Waals surface area contributed by atoms with Crippen LogP contribution in [0.25, 0.3) is 5.65 Å². The van der Waals surface area contributed by atoms with Gasteiger partial charge in [0.1, 0.15) is 12.4 Å². The Morgan fingerprint density at radius 2 is 2.05 bits per heavy atom. The number of ether oxygens (including phenoxy) is 1. The van der Waals surface area contributed by atoms with Crippen LogP contribution in [-0.2, 0) is 0 Å². The molecule has 3 rings (SSSR count). The van der Waals surface area contributed by atoms with Crippen molar-refractivity contribution < 1.29 is 4.74 Å². The van der Waals surface area contributed by atoms with Gasteiger partial charge in [-0.1, -0.05) is 0 Å². The lowest BCUT2D eigenvalue weighted by atomic mass is 10.3. The van der Waals surface area contributed by atoms with Crippen LogP contribution in [-0.4, -0.2) is 38.2 Å². The van der Waals surface area contributed by atoms with E-state index in [-0.39, 0.29) is 0 Å². The Balaban J connectivity index is 1.79. The van der Waals surface area contributed by atoms with Gasteiger partial charge in [0, 0.05) is 12.2 Å². The maximum Gasteiger partial charge on any atom is 0.199 e. The molecule has 0 saturated heterocycles. The van der Waals surface area contributed by atoms with Gasteiger partial charge in [-0.3, -0.25) is 4.98 Å². The first-order valence-corrected chi connectivity index (χ1v) is 6.09. The maximum atomic E-state index is 5.42. The van der Waals surface area contributed by atoms with Gasteiger partial charge >= 0.3 is 0 Å². The molecule has 2 aromatic heterocycles. The molecule has 0 saturated carbocycles. The second kappa shape index (κ2) is 5.49. The zero-order valence-electron chi connectivity index (χ0n) is 10.6. The third-order valence-corrected chi connectivity index (χ3v) is 2.62. The predicted octanol–water partition coefficient (Wildman–Crippen LogP) is 0.600. The fraction of sp³-hybridized carbons (Fsp3) is 0.167. The number of fused-ring (bicyclic) bond motifs is 1. The van der Waals surface area contributed by atoms with E-state index < -0.39 is 0 Å². The van der Waals surface area contributed by atoms with Gasteiger partial charge in [-0.15, -0.1) is 5.10 Å². The highest BCUT2D eigenvalue weighted by molar-refractivity contribution is 5.58. The van der Waals surface area contributed by atoms with Gasteiger partial charge in [-0.05, 0) is 34.7 Å². The Labute approximate surface area is 114 Å². The number of hydrogen-bond donors (Lipinski definition) is 2. The molecule has 0 aliphatic heterocycles. The lowest BCUT2D eigenvalue weighted by Gasteiger charge is -2.08. The number of benzene rings is 1. The summed E-state index contributed by atoms with van der Waals surface area (Å²) in [5.74, 6) is 1.46. The molecule has 20 heavy (non-hydrogen) atoms.